The molecule has 0 aliphatic heterocycles. The molecule has 2 aliphatic carbocycles. The summed E-state index contributed by atoms with van der Waals surface area (Å²) in [4.78, 5) is 11.7. The van der Waals surface area contributed by atoms with Crippen LogP contribution >= 0.6 is 0 Å². The van der Waals surface area contributed by atoms with Crippen molar-refractivity contribution >= 4 is 5.97 Å². The standard InChI is InChI=1S/C29H28F2O4/c1-16(29(32)33)27(17-6-7-17)22-4-3-5-26(28(22)31)35-25-13-9-18-14-19(8-11-21(18)25)23-15-20(34-2)10-12-24(23)30/h3-5,8,10-12,14-17,25,27H,6-7,9,13H2,1-2H3,(H,32,33)/t16-,25-,27?/m1/s1. The number of carboxylic acids is 1. The minimum Gasteiger partial charge on any atom is -0.497 e. The number of fused-ring (bicyclic) bond motifs is 1. The molecule has 35 heavy (non-hydrogen) atoms. The van der Waals surface area contributed by atoms with Gasteiger partial charge in [0.25, 0.3) is 0 Å². The van der Waals surface area contributed by atoms with Crippen LogP contribution in [0.3, 0.4) is 0 Å². The summed E-state index contributed by atoms with van der Waals surface area (Å²) in [6, 6.07) is 15.4. The Labute approximate surface area is 203 Å². The molecule has 0 aromatic heterocycles. The second-order valence-electron chi connectivity index (χ2n) is 9.55. The zero-order valence-electron chi connectivity index (χ0n) is 19.8. The van der Waals surface area contributed by atoms with E-state index in [1.165, 1.54) is 6.07 Å². The van der Waals surface area contributed by atoms with E-state index >= 15 is 4.39 Å². The molecule has 0 saturated heterocycles. The summed E-state index contributed by atoms with van der Waals surface area (Å²) >= 11 is 0. The Morgan fingerprint density at radius 3 is 2.57 bits per heavy atom. The third kappa shape index (κ3) is 4.49. The Morgan fingerprint density at radius 2 is 1.86 bits per heavy atom. The molecule has 4 nitrogen and oxygen atoms in total. The number of rotatable bonds is 8. The van der Waals surface area contributed by atoms with E-state index in [-0.39, 0.29) is 29.5 Å². The van der Waals surface area contributed by atoms with E-state index in [0.29, 0.717) is 23.3 Å². The van der Waals surface area contributed by atoms with Crippen LogP contribution in [0.1, 0.15) is 54.9 Å². The first-order valence-electron chi connectivity index (χ1n) is 12.0. The highest BCUT2D eigenvalue weighted by Gasteiger charge is 2.40. The molecule has 5 rings (SSSR count). The fraction of sp³-hybridized carbons (Fsp3) is 0.345. The van der Waals surface area contributed by atoms with Crippen LogP contribution in [0.5, 0.6) is 11.5 Å². The number of aryl methyl sites for hydroxylation is 1. The molecule has 0 radical (unpaired) electrons. The molecule has 1 N–H and O–H groups in total. The Bertz CT molecular complexity index is 1270. The van der Waals surface area contributed by atoms with Crippen molar-refractivity contribution in [3.05, 3.63) is 82.9 Å². The van der Waals surface area contributed by atoms with Crippen molar-refractivity contribution in [2.75, 3.05) is 7.11 Å². The highest BCUT2D eigenvalue weighted by Crippen LogP contribution is 2.48. The summed E-state index contributed by atoms with van der Waals surface area (Å²) < 4.78 is 41.4. The van der Waals surface area contributed by atoms with Crippen LogP contribution in [0.25, 0.3) is 11.1 Å². The first-order valence-corrected chi connectivity index (χ1v) is 12.0. The lowest BCUT2D eigenvalue weighted by molar-refractivity contribution is -0.142. The van der Waals surface area contributed by atoms with Gasteiger partial charge in [-0.3, -0.25) is 4.79 Å². The average Bonchev–Trinajstić information content (AvgIpc) is 3.61. The van der Waals surface area contributed by atoms with Crippen LogP contribution in [0.15, 0.2) is 54.6 Å². The number of halogens is 2. The summed E-state index contributed by atoms with van der Waals surface area (Å²) in [7, 11) is 1.55. The molecule has 0 heterocycles. The maximum atomic E-state index is 15.6. The molecular weight excluding hydrogens is 450 g/mol. The van der Waals surface area contributed by atoms with Crippen molar-refractivity contribution in [2.24, 2.45) is 11.8 Å². The molecule has 2 aliphatic rings. The number of methoxy groups -OCH3 is 1. The molecular formula is C29H28F2O4. The van der Waals surface area contributed by atoms with Crippen molar-refractivity contribution in [1.82, 2.24) is 0 Å². The van der Waals surface area contributed by atoms with Gasteiger partial charge >= 0.3 is 5.97 Å². The lowest BCUT2D eigenvalue weighted by Gasteiger charge is -2.23. The van der Waals surface area contributed by atoms with Gasteiger partial charge in [0, 0.05) is 11.5 Å². The number of hydrogen-bond acceptors (Lipinski definition) is 3. The predicted octanol–water partition coefficient (Wildman–Crippen LogP) is 6.92. The fourth-order valence-corrected chi connectivity index (χ4v) is 5.29. The van der Waals surface area contributed by atoms with Crippen LogP contribution in [0, 0.1) is 23.5 Å². The van der Waals surface area contributed by atoms with Gasteiger partial charge in [0.2, 0.25) is 0 Å². The first-order chi connectivity index (χ1) is 16.9. The van der Waals surface area contributed by atoms with Gasteiger partial charge in [-0.25, -0.2) is 8.78 Å². The van der Waals surface area contributed by atoms with Crippen LogP contribution in [0.4, 0.5) is 8.78 Å². The van der Waals surface area contributed by atoms with Crippen LogP contribution in [0.2, 0.25) is 0 Å². The highest BCUT2D eigenvalue weighted by atomic mass is 19.1. The fourth-order valence-electron chi connectivity index (χ4n) is 5.29. The van der Waals surface area contributed by atoms with Gasteiger partial charge in [-0.15, -0.1) is 0 Å². The lowest BCUT2D eigenvalue weighted by Crippen LogP contribution is -2.22. The predicted molar refractivity (Wildman–Crippen MR) is 129 cm³/mol. The zero-order chi connectivity index (χ0) is 24.7. The Morgan fingerprint density at radius 1 is 1.06 bits per heavy atom. The third-order valence-corrected chi connectivity index (χ3v) is 7.33. The molecule has 182 valence electrons. The number of carbonyl (C=O) groups is 1. The van der Waals surface area contributed by atoms with Crippen LogP contribution in [-0.4, -0.2) is 18.2 Å². The van der Waals surface area contributed by atoms with E-state index in [1.807, 2.05) is 18.2 Å². The van der Waals surface area contributed by atoms with Gasteiger partial charge < -0.3 is 14.6 Å². The number of ether oxygens (including phenoxy) is 2. The largest absolute Gasteiger partial charge is 0.497 e. The van der Waals surface area contributed by atoms with E-state index in [2.05, 4.69) is 0 Å². The van der Waals surface area contributed by atoms with Crippen LogP contribution in [-0.2, 0) is 11.2 Å². The average molecular weight is 479 g/mol. The van der Waals surface area contributed by atoms with Crippen molar-refractivity contribution in [2.45, 2.75) is 44.6 Å². The Kier molecular flexibility index (Phi) is 6.22. The number of benzene rings is 3. The van der Waals surface area contributed by atoms with E-state index in [0.717, 1.165) is 36.0 Å². The van der Waals surface area contributed by atoms with Gasteiger partial charge in [0.05, 0.1) is 13.0 Å². The van der Waals surface area contributed by atoms with Crippen molar-refractivity contribution in [3.63, 3.8) is 0 Å². The van der Waals surface area contributed by atoms with Crippen LogP contribution < -0.4 is 9.47 Å². The van der Waals surface area contributed by atoms with Gasteiger partial charge in [0.15, 0.2) is 11.6 Å². The molecule has 0 bridgehead atoms. The number of carboxylic acid groups (broad SMARTS) is 1. The molecule has 6 heteroatoms. The summed E-state index contributed by atoms with van der Waals surface area (Å²) in [5.41, 5.74) is 3.64. The molecule has 1 saturated carbocycles. The van der Waals surface area contributed by atoms with Crippen molar-refractivity contribution < 1.29 is 28.2 Å². The second kappa shape index (κ2) is 9.33. The van der Waals surface area contributed by atoms with E-state index in [4.69, 9.17) is 9.47 Å². The first kappa shape index (κ1) is 23.3. The summed E-state index contributed by atoms with van der Waals surface area (Å²) in [5, 5.41) is 9.56. The summed E-state index contributed by atoms with van der Waals surface area (Å²) in [6.45, 7) is 1.65. The molecule has 1 unspecified atom stereocenters. The molecule has 0 amide bonds. The van der Waals surface area contributed by atoms with Gasteiger partial charge in [-0.05, 0) is 78.1 Å². The third-order valence-electron chi connectivity index (χ3n) is 7.33. The second-order valence-corrected chi connectivity index (χ2v) is 9.55. The van der Waals surface area contributed by atoms with Crippen molar-refractivity contribution in [1.29, 1.82) is 0 Å². The number of hydrogen-bond donors (Lipinski definition) is 1. The quantitative estimate of drug-likeness (QED) is 0.382. The monoisotopic (exact) mass is 478 g/mol. The summed E-state index contributed by atoms with van der Waals surface area (Å²) in [6.07, 6.45) is 2.93. The zero-order valence-corrected chi connectivity index (χ0v) is 19.8. The minimum absolute atomic E-state index is 0.145. The SMILES string of the molecule is COc1ccc(F)c(-c2ccc3c(c2)CC[C@H]3Oc2cccc(C(C3CC3)[C@@H](C)C(=O)O)c2F)c1. The topological polar surface area (TPSA) is 55.8 Å². The molecule has 3 aromatic carbocycles. The van der Waals surface area contributed by atoms with E-state index in [9.17, 15) is 14.3 Å². The van der Waals surface area contributed by atoms with Gasteiger partial charge in [0.1, 0.15) is 17.7 Å². The molecule has 0 spiro atoms. The molecule has 3 atom stereocenters. The normalized spacial score (nSPS) is 18.6. The molecule has 3 aromatic rings. The van der Waals surface area contributed by atoms with E-state index in [1.54, 1.807) is 44.4 Å². The molecule has 1 fully saturated rings. The van der Waals surface area contributed by atoms with Gasteiger partial charge in [-0.1, -0.05) is 37.3 Å². The maximum Gasteiger partial charge on any atom is 0.306 e. The Hall–Kier alpha value is -3.41. The van der Waals surface area contributed by atoms with Gasteiger partial charge in [-0.2, -0.15) is 0 Å². The Balaban J connectivity index is 1.41. The summed E-state index contributed by atoms with van der Waals surface area (Å²) in [5.74, 6) is -1.83. The van der Waals surface area contributed by atoms with Crippen molar-refractivity contribution in [3.8, 4) is 22.6 Å². The number of aliphatic carboxylic acids is 1. The minimum atomic E-state index is -0.916. The smallest absolute Gasteiger partial charge is 0.306 e. The maximum absolute atomic E-state index is 15.6. The highest BCUT2D eigenvalue weighted by molar-refractivity contribution is 5.71. The lowest BCUT2D eigenvalue weighted by atomic mass is 9.83. The van der Waals surface area contributed by atoms with E-state index < -0.39 is 17.7 Å².